The summed E-state index contributed by atoms with van der Waals surface area (Å²) >= 11 is 5.72. The molecule has 1 nitrogen and oxygen atoms in total. The third-order valence-corrected chi connectivity index (χ3v) is 2.65. The van der Waals surface area contributed by atoms with Crippen LogP contribution in [-0.4, -0.2) is 10.9 Å². The van der Waals surface area contributed by atoms with Gasteiger partial charge in [-0.05, 0) is 25.1 Å². The van der Waals surface area contributed by atoms with Crippen LogP contribution in [-0.2, 0) is 0 Å². The first-order valence-electron chi connectivity index (χ1n) is 4.88. The van der Waals surface area contributed by atoms with Crippen LogP contribution in [0.5, 0.6) is 0 Å². The van der Waals surface area contributed by atoms with Crippen LogP contribution in [0.3, 0.4) is 0 Å². The molecular weight excluding hydrogens is 206 g/mol. The third kappa shape index (κ3) is 2.37. The first kappa shape index (κ1) is 10.2. The lowest BCUT2D eigenvalue weighted by Gasteiger charge is -1.99. The monoisotopic (exact) mass is 217 g/mol. The van der Waals surface area contributed by atoms with Crippen molar-refractivity contribution in [2.24, 2.45) is 0 Å². The van der Waals surface area contributed by atoms with E-state index in [4.69, 9.17) is 11.6 Å². The molecular formula is C13H12ClN. The number of allylic oxidation sites excluding steroid dienone is 1. The fourth-order valence-corrected chi connectivity index (χ4v) is 1.53. The highest BCUT2D eigenvalue weighted by atomic mass is 35.5. The van der Waals surface area contributed by atoms with Crippen LogP contribution >= 0.6 is 11.6 Å². The molecule has 0 radical (unpaired) electrons. The summed E-state index contributed by atoms with van der Waals surface area (Å²) < 4.78 is 0. The van der Waals surface area contributed by atoms with Crippen LogP contribution in [0.15, 0.2) is 42.0 Å². The molecule has 1 aromatic heterocycles. The lowest BCUT2D eigenvalue weighted by atomic mass is 10.2. The zero-order valence-corrected chi connectivity index (χ0v) is 9.33. The van der Waals surface area contributed by atoms with Gasteiger partial charge in [-0.2, -0.15) is 0 Å². The molecule has 0 bridgehead atoms. The first-order valence-corrected chi connectivity index (χ1v) is 5.42. The molecule has 0 N–H and O–H groups in total. The minimum absolute atomic E-state index is 0.550. The van der Waals surface area contributed by atoms with E-state index in [1.807, 2.05) is 37.3 Å². The molecule has 0 fully saturated rings. The van der Waals surface area contributed by atoms with E-state index in [2.05, 4.69) is 17.1 Å². The number of hydrogen-bond donors (Lipinski definition) is 0. The molecule has 15 heavy (non-hydrogen) atoms. The Hall–Kier alpha value is -1.34. The number of nitrogens with zero attached hydrogens (tertiary/aromatic N) is 1. The predicted octanol–water partition coefficient (Wildman–Crippen LogP) is 3.88. The van der Waals surface area contributed by atoms with Gasteiger partial charge in [-0.3, -0.25) is 0 Å². The number of fused-ring (bicyclic) bond motifs is 1. The minimum atomic E-state index is 0.550. The first-order chi connectivity index (χ1) is 7.29. The molecule has 0 aliphatic carbocycles. The molecule has 2 heteroatoms. The largest absolute Gasteiger partial charge is 0.248 e. The lowest BCUT2D eigenvalue weighted by molar-refractivity contribution is 1.34. The molecule has 2 rings (SSSR count). The molecule has 0 aliphatic rings. The number of halogens is 1. The zero-order valence-electron chi connectivity index (χ0n) is 8.57. The summed E-state index contributed by atoms with van der Waals surface area (Å²) in [5.74, 6) is 0.550. The zero-order chi connectivity index (χ0) is 10.7. The molecule has 76 valence electrons. The SMILES string of the molecule is C/C(=C/c1ccc2ccccc2n1)CCl. The Labute approximate surface area is 94.4 Å². The van der Waals surface area contributed by atoms with Gasteiger partial charge < -0.3 is 0 Å². The number of alkyl halides is 1. The number of para-hydroxylation sites is 1. The van der Waals surface area contributed by atoms with Crippen LogP contribution in [0.2, 0.25) is 0 Å². The highest BCUT2D eigenvalue weighted by Crippen LogP contribution is 2.13. The van der Waals surface area contributed by atoms with Crippen molar-refractivity contribution in [2.45, 2.75) is 6.92 Å². The average Bonchev–Trinajstić information content (AvgIpc) is 2.29. The van der Waals surface area contributed by atoms with Crippen LogP contribution in [0.4, 0.5) is 0 Å². The van der Waals surface area contributed by atoms with Crippen LogP contribution in [0.1, 0.15) is 12.6 Å². The van der Waals surface area contributed by atoms with Crippen LogP contribution in [0, 0.1) is 0 Å². The predicted molar refractivity (Wildman–Crippen MR) is 66.1 cm³/mol. The Kier molecular flexibility index (Phi) is 3.02. The fourth-order valence-electron chi connectivity index (χ4n) is 1.45. The Morgan fingerprint density at radius 2 is 2.07 bits per heavy atom. The van der Waals surface area contributed by atoms with E-state index in [9.17, 15) is 0 Å². The van der Waals surface area contributed by atoms with Gasteiger partial charge in [0.05, 0.1) is 11.2 Å². The summed E-state index contributed by atoms with van der Waals surface area (Å²) in [6.07, 6.45) is 2.01. The van der Waals surface area contributed by atoms with Crippen molar-refractivity contribution in [2.75, 3.05) is 5.88 Å². The van der Waals surface area contributed by atoms with Gasteiger partial charge in [0, 0.05) is 11.3 Å². The lowest BCUT2D eigenvalue weighted by Crippen LogP contribution is -1.84. The van der Waals surface area contributed by atoms with E-state index in [1.165, 1.54) is 0 Å². The molecule has 0 amide bonds. The van der Waals surface area contributed by atoms with E-state index in [1.54, 1.807) is 0 Å². The summed E-state index contributed by atoms with van der Waals surface area (Å²) in [7, 11) is 0. The maximum absolute atomic E-state index is 5.72. The van der Waals surface area contributed by atoms with Gasteiger partial charge in [-0.15, -0.1) is 11.6 Å². The van der Waals surface area contributed by atoms with E-state index in [0.717, 1.165) is 22.2 Å². The van der Waals surface area contributed by atoms with Gasteiger partial charge in [0.2, 0.25) is 0 Å². The number of rotatable bonds is 2. The standard InChI is InChI=1S/C13H12ClN/c1-10(9-14)8-12-7-6-11-4-2-3-5-13(11)15-12/h2-8H,9H2,1H3/b10-8-. The van der Waals surface area contributed by atoms with Gasteiger partial charge in [-0.1, -0.05) is 29.8 Å². The molecule has 0 atom stereocenters. The normalized spacial score (nSPS) is 12.0. The Morgan fingerprint density at radius 1 is 1.27 bits per heavy atom. The van der Waals surface area contributed by atoms with E-state index < -0.39 is 0 Å². The van der Waals surface area contributed by atoms with E-state index in [0.29, 0.717) is 5.88 Å². The number of hydrogen-bond acceptors (Lipinski definition) is 1. The maximum Gasteiger partial charge on any atom is 0.0709 e. The van der Waals surface area contributed by atoms with E-state index >= 15 is 0 Å². The van der Waals surface area contributed by atoms with Gasteiger partial charge in [0.15, 0.2) is 0 Å². The van der Waals surface area contributed by atoms with E-state index in [-0.39, 0.29) is 0 Å². The van der Waals surface area contributed by atoms with Crippen LogP contribution in [0.25, 0.3) is 17.0 Å². The average molecular weight is 218 g/mol. The third-order valence-electron chi connectivity index (χ3n) is 2.23. The number of aromatic nitrogens is 1. The molecule has 2 aromatic rings. The summed E-state index contributed by atoms with van der Waals surface area (Å²) in [6.45, 7) is 2.00. The molecule has 0 aliphatic heterocycles. The second-order valence-corrected chi connectivity index (χ2v) is 3.82. The topological polar surface area (TPSA) is 12.9 Å². The van der Waals surface area contributed by atoms with Gasteiger partial charge in [0.1, 0.15) is 0 Å². The molecule has 0 saturated carbocycles. The van der Waals surface area contributed by atoms with Gasteiger partial charge >= 0.3 is 0 Å². The van der Waals surface area contributed by atoms with Gasteiger partial charge in [-0.25, -0.2) is 4.98 Å². The van der Waals surface area contributed by atoms with Crippen molar-refractivity contribution < 1.29 is 0 Å². The maximum atomic E-state index is 5.72. The smallest absolute Gasteiger partial charge is 0.0709 e. The molecule has 0 saturated heterocycles. The summed E-state index contributed by atoms with van der Waals surface area (Å²) in [5, 5.41) is 1.16. The quantitative estimate of drug-likeness (QED) is 0.696. The number of benzene rings is 1. The Morgan fingerprint density at radius 3 is 2.87 bits per heavy atom. The second kappa shape index (κ2) is 4.45. The van der Waals surface area contributed by atoms with Crippen molar-refractivity contribution >= 4 is 28.6 Å². The Bertz CT molecular complexity index is 503. The van der Waals surface area contributed by atoms with Crippen molar-refractivity contribution in [3.05, 3.63) is 47.7 Å². The van der Waals surface area contributed by atoms with Gasteiger partial charge in [0.25, 0.3) is 0 Å². The summed E-state index contributed by atoms with van der Waals surface area (Å²) in [5.41, 5.74) is 3.11. The summed E-state index contributed by atoms with van der Waals surface area (Å²) in [6, 6.07) is 12.2. The molecule has 0 spiro atoms. The second-order valence-electron chi connectivity index (χ2n) is 3.55. The van der Waals surface area contributed by atoms with Crippen LogP contribution < -0.4 is 0 Å². The van der Waals surface area contributed by atoms with Crippen molar-refractivity contribution in [1.82, 2.24) is 4.98 Å². The summed E-state index contributed by atoms with van der Waals surface area (Å²) in [4.78, 5) is 4.53. The van der Waals surface area contributed by atoms with Crippen molar-refractivity contribution in [1.29, 1.82) is 0 Å². The molecule has 1 heterocycles. The minimum Gasteiger partial charge on any atom is -0.248 e. The highest BCUT2D eigenvalue weighted by Gasteiger charge is 1.95. The van der Waals surface area contributed by atoms with Crippen molar-refractivity contribution in [3.8, 4) is 0 Å². The molecule has 0 unspecified atom stereocenters. The highest BCUT2D eigenvalue weighted by molar-refractivity contribution is 6.19. The molecule has 1 aromatic carbocycles. The number of pyridine rings is 1. The fraction of sp³-hybridized carbons (Fsp3) is 0.154. The van der Waals surface area contributed by atoms with Crippen molar-refractivity contribution in [3.63, 3.8) is 0 Å². The Balaban J connectivity index is 2.47.